The standard InChI is InChI=1S/C20H24FN5O3S2/c1-25-11-20(5-6-20)17-13(18(25)27)9-15(30-17)16-14(21)10-22-19(24-16)23-12-3-7-26(8-4-12)31(2,28)29/h9-10,12H,3-8,11H2,1-2H3,(H,22,23,24). The van der Waals surface area contributed by atoms with Crippen LogP contribution in [0, 0.1) is 5.82 Å². The lowest BCUT2D eigenvalue weighted by molar-refractivity contribution is 0.0760. The van der Waals surface area contributed by atoms with E-state index in [-0.39, 0.29) is 23.1 Å². The molecule has 166 valence electrons. The Morgan fingerprint density at radius 2 is 2.00 bits per heavy atom. The number of fused-ring (bicyclic) bond motifs is 2. The molecule has 0 bridgehead atoms. The number of sulfonamides is 1. The minimum absolute atomic E-state index is 0.0119. The van der Waals surface area contributed by atoms with Crippen molar-refractivity contribution >= 4 is 33.2 Å². The third-order valence-electron chi connectivity index (χ3n) is 6.42. The first-order chi connectivity index (χ1) is 14.7. The maximum absolute atomic E-state index is 14.6. The van der Waals surface area contributed by atoms with E-state index in [2.05, 4.69) is 15.3 Å². The normalized spacial score (nSPS) is 21.4. The molecule has 31 heavy (non-hydrogen) atoms. The average Bonchev–Trinajstić information content (AvgIpc) is 3.34. The van der Waals surface area contributed by atoms with Crippen molar-refractivity contribution in [3.63, 3.8) is 0 Å². The van der Waals surface area contributed by atoms with E-state index in [1.165, 1.54) is 21.9 Å². The van der Waals surface area contributed by atoms with Gasteiger partial charge < -0.3 is 10.2 Å². The zero-order valence-corrected chi connectivity index (χ0v) is 19.0. The number of anilines is 1. The van der Waals surface area contributed by atoms with Gasteiger partial charge >= 0.3 is 0 Å². The molecule has 1 spiro atoms. The third-order valence-corrected chi connectivity index (χ3v) is 9.11. The van der Waals surface area contributed by atoms with Gasteiger partial charge in [-0.15, -0.1) is 11.3 Å². The van der Waals surface area contributed by atoms with Gasteiger partial charge in [-0.05, 0) is 31.7 Å². The number of likely N-dealkylation sites (N-methyl/N-ethyl adjacent to an activating group) is 1. The molecule has 0 atom stereocenters. The summed E-state index contributed by atoms with van der Waals surface area (Å²) < 4.78 is 39.5. The van der Waals surface area contributed by atoms with Gasteiger partial charge in [-0.25, -0.2) is 27.1 Å². The number of aromatic nitrogens is 2. The van der Waals surface area contributed by atoms with Gasteiger partial charge in [-0.1, -0.05) is 0 Å². The Kier molecular flexibility index (Phi) is 4.83. The van der Waals surface area contributed by atoms with Gasteiger partial charge in [0, 0.05) is 43.0 Å². The molecule has 4 heterocycles. The summed E-state index contributed by atoms with van der Waals surface area (Å²) >= 11 is 1.46. The first kappa shape index (κ1) is 20.8. The van der Waals surface area contributed by atoms with Crippen LogP contribution in [0.2, 0.25) is 0 Å². The van der Waals surface area contributed by atoms with E-state index < -0.39 is 15.8 Å². The number of piperidine rings is 1. The fraction of sp³-hybridized carbons (Fsp3) is 0.550. The van der Waals surface area contributed by atoms with Crippen molar-refractivity contribution in [3.8, 4) is 10.6 Å². The molecule has 1 N–H and O–H groups in total. The molecule has 2 aromatic rings. The van der Waals surface area contributed by atoms with Crippen molar-refractivity contribution < 1.29 is 17.6 Å². The van der Waals surface area contributed by atoms with Crippen LogP contribution in [0.5, 0.6) is 0 Å². The average molecular weight is 466 g/mol. The van der Waals surface area contributed by atoms with Crippen molar-refractivity contribution in [1.29, 1.82) is 0 Å². The fourth-order valence-corrected chi connectivity index (χ4v) is 6.78. The predicted octanol–water partition coefficient (Wildman–Crippen LogP) is 2.30. The van der Waals surface area contributed by atoms with Gasteiger partial charge in [0.05, 0.1) is 22.9 Å². The van der Waals surface area contributed by atoms with Crippen LogP contribution in [0.4, 0.5) is 10.3 Å². The zero-order chi connectivity index (χ0) is 22.0. The molecule has 2 aliphatic heterocycles. The van der Waals surface area contributed by atoms with Gasteiger partial charge in [-0.3, -0.25) is 4.79 Å². The van der Waals surface area contributed by atoms with Crippen LogP contribution in [-0.2, 0) is 15.4 Å². The van der Waals surface area contributed by atoms with Gasteiger partial charge in [0.1, 0.15) is 5.69 Å². The number of hydrogen-bond acceptors (Lipinski definition) is 7. The van der Waals surface area contributed by atoms with Crippen LogP contribution in [0.25, 0.3) is 10.6 Å². The molecule has 5 rings (SSSR count). The molecule has 2 aromatic heterocycles. The van der Waals surface area contributed by atoms with Crippen LogP contribution in [0.15, 0.2) is 12.3 Å². The second-order valence-electron chi connectivity index (χ2n) is 8.77. The van der Waals surface area contributed by atoms with E-state index >= 15 is 0 Å². The first-order valence-corrected chi connectivity index (χ1v) is 13.0. The minimum atomic E-state index is -3.19. The Labute approximate surface area is 184 Å². The molecule has 0 aromatic carbocycles. The maximum atomic E-state index is 14.6. The number of nitrogens with one attached hydrogen (secondary N) is 1. The van der Waals surface area contributed by atoms with Gasteiger partial charge in [0.25, 0.3) is 5.91 Å². The summed E-state index contributed by atoms with van der Waals surface area (Å²) in [5.41, 5.74) is 0.877. The predicted molar refractivity (Wildman–Crippen MR) is 116 cm³/mol. The second-order valence-corrected chi connectivity index (χ2v) is 11.8. The quantitative estimate of drug-likeness (QED) is 0.745. The molecule has 3 aliphatic rings. The van der Waals surface area contributed by atoms with Crippen molar-refractivity contribution in [2.45, 2.75) is 37.1 Å². The van der Waals surface area contributed by atoms with E-state index in [1.807, 2.05) is 7.05 Å². The van der Waals surface area contributed by atoms with E-state index in [9.17, 15) is 17.6 Å². The highest BCUT2D eigenvalue weighted by molar-refractivity contribution is 7.88. The lowest BCUT2D eigenvalue weighted by atomic mass is 9.95. The van der Waals surface area contributed by atoms with Crippen molar-refractivity contribution in [2.24, 2.45) is 0 Å². The van der Waals surface area contributed by atoms with Crippen LogP contribution in [0.1, 0.15) is 40.9 Å². The molecule has 1 amide bonds. The number of carbonyl (C=O) groups excluding carboxylic acids is 1. The van der Waals surface area contributed by atoms with Crippen LogP contribution in [-0.4, -0.2) is 72.5 Å². The molecule has 1 saturated heterocycles. The molecule has 2 fully saturated rings. The summed E-state index contributed by atoms with van der Waals surface area (Å²) in [6, 6.07) is 1.77. The number of hydrogen-bond donors (Lipinski definition) is 1. The number of rotatable bonds is 4. The van der Waals surface area contributed by atoms with E-state index in [0.717, 1.165) is 23.9 Å². The molecular formula is C20H24FN5O3S2. The van der Waals surface area contributed by atoms with Crippen LogP contribution >= 0.6 is 11.3 Å². The highest BCUT2D eigenvalue weighted by Crippen LogP contribution is 2.55. The Balaban J connectivity index is 1.38. The largest absolute Gasteiger partial charge is 0.351 e. The summed E-state index contributed by atoms with van der Waals surface area (Å²) in [5.74, 6) is -0.243. The van der Waals surface area contributed by atoms with Gasteiger partial charge in [0.2, 0.25) is 16.0 Å². The molecular weight excluding hydrogens is 441 g/mol. The lowest BCUT2D eigenvalue weighted by Gasteiger charge is -2.30. The highest BCUT2D eigenvalue weighted by atomic mass is 32.2. The molecule has 11 heteroatoms. The summed E-state index contributed by atoms with van der Waals surface area (Å²) in [6.07, 6.45) is 5.70. The molecule has 0 radical (unpaired) electrons. The van der Waals surface area contributed by atoms with Gasteiger partial charge in [0.15, 0.2) is 5.82 Å². The molecule has 8 nitrogen and oxygen atoms in total. The Hall–Kier alpha value is -2.11. The van der Waals surface area contributed by atoms with Crippen molar-refractivity contribution in [3.05, 3.63) is 28.5 Å². The fourth-order valence-electron chi connectivity index (χ4n) is 4.52. The number of thiophene rings is 1. The second kappa shape index (κ2) is 7.21. The Morgan fingerprint density at radius 3 is 2.65 bits per heavy atom. The topological polar surface area (TPSA) is 95.5 Å². The molecule has 1 saturated carbocycles. The van der Waals surface area contributed by atoms with Crippen molar-refractivity contribution in [1.82, 2.24) is 19.2 Å². The SMILES string of the molecule is CN1CC2(CC2)c2sc(-c3nc(NC4CCN(S(C)(=O)=O)CC4)ncc3F)cc2C1=O. The monoisotopic (exact) mass is 465 g/mol. The summed E-state index contributed by atoms with van der Waals surface area (Å²) in [5, 5.41) is 3.22. The van der Waals surface area contributed by atoms with E-state index in [0.29, 0.717) is 48.9 Å². The minimum Gasteiger partial charge on any atom is -0.351 e. The lowest BCUT2D eigenvalue weighted by Crippen LogP contribution is -2.42. The van der Waals surface area contributed by atoms with Crippen LogP contribution < -0.4 is 5.32 Å². The Morgan fingerprint density at radius 1 is 1.29 bits per heavy atom. The number of amides is 1. The smallest absolute Gasteiger partial charge is 0.254 e. The number of nitrogens with zero attached hydrogens (tertiary/aromatic N) is 4. The third kappa shape index (κ3) is 3.72. The molecule has 0 unspecified atom stereocenters. The van der Waals surface area contributed by atoms with Crippen LogP contribution in [0.3, 0.4) is 0 Å². The summed E-state index contributed by atoms with van der Waals surface area (Å²) in [6.45, 7) is 1.57. The summed E-state index contributed by atoms with van der Waals surface area (Å²) in [4.78, 5) is 24.6. The van der Waals surface area contributed by atoms with E-state index in [4.69, 9.17) is 0 Å². The highest BCUT2D eigenvalue weighted by Gasteiger charge is 2.52. The number of carbonyl (C=O) groups is 1. The first-order valence-electron chi connectivity index (χ1n) is 10.3. The zero-order valence-electron chi connectivity index (χ0n) is 17.4. The maximum Gasteiger partial charge on any atom is 0.254 e. The van der Waals surface area contributed by atoms with Crippen molar-refractivity contribution in [2.75, 3.05) is 38.3 Å². The van der Waals surface area contributed by atoms with Gasteiger partial charge in [-0.2, -0.15) is 0 Å². The molecule has 1 aliphatic carbocycles. The van der Waals surface area contributed by atoms with E-state index in [1.54, 1.807) is 11.0 Å². The summed E-state index contributed by atoms with van der Waals surface area (Å²) in [7, 11) is -1.38. The Bertz CT molecular complexity index is 1150. The number of halogens is 1.